The number of amides is 2. The number of nitrogens with one attached hydrogen (secondary N) is 1. The molecule has 0 radical (unpaired) electrons. The number of carboxylic acid groups (broad SMARTS) is 1. The van der Waals surface area contributed by atoms with Crippen LogP contribution in [0.5, 0.6) is 0 Å². The lowest BCUT2D eigenvalue weighted by Gasteiger charge is -2.43. The first-order valence-corrected chi connectivity index (χ1v) is 9.34. The largest absolute Gasteiger partial charge is 0.480 e. The van der Waals surface area contributed by atoms with Crippen molar-refractivity contribution in [2.75, 3.05) is 32.8 Å². The third kappa shape index (κ3) is 4.95. The van der Waals surface area contributed by atoms with Crippen LogP contribution < -0.4 is 5.32 Å². The number of urea groups is 1. The van der Waals surface area contributed by atoms with Crippen LogP contribution in [0.15, 0.2) is 24.3 Å². The van der Waals surface area contributed by atoms with Gasteiger partial charge in [-0.05, 0) is 37.1 Å². The summed E-state index contributed by atoms with van der Waals surface area (Å²) in [5.74, 6) is -1.15. The topological polar surface area (TPSA) is 82.1 Å². The molecule has 27 heavy (non-hydrogen) atoms. The number of morpholine rings is 1. The molecule has 1 saturated heterocycles. The molecule has 1 aromatic rings. The van der Waals surface area contributed by atoms with Crippen LogP contribution in [-0.4, -0.2) is 71.8 Å². The predicted octanol–water partition coefficient (Wildman–Crippen LogP) is 1.85. The molecule has 1 atom stereocenters. The van der Waals surface area contributed by atoms with Crippen LogP contribution in [0.25, 0.3) is 0 Å². The van der Waals surface area contributed by atoms with Crippen molar-refractivity contribution in [3.8, 4) is 0 Å². The number of hydrogen-bond acceptors (Lipinski definition) is 4. The van der Waals surface area contributed by atoms with Gasteiger partial charge in [0.15, 0.2) is 0 Å². The Balaban J connectivity index is 1.48. The van der Waals surface area contributed by atoms with Crippen molar-refractivity contribution in [2.24, 2.45) is 0 Å². The number of carboxylic acids is 1. The molecule has 1 aliphatic heterocycles. The Labute approximate surface area is 158 Å². The van der Waals surface area contributed by atoms with Gasteiger partial charge in [0.05, 0.1) is 19.7 Å². The predicted molar refractivity (Wildman–Crippen MR) is 96.9 cm³/mol. The molecule has 2 fully saturated rings. The zero-order valence-electron chi connectivity index (χ0n) is 15.4. The number of benzene rings is 1. The standard InChI is InChI=1S/C19H26FN3O4/c1-2-22(12-18(24)25)16-9-15(10-16)21-19(26)23-6-7-27-17(11-23)13-4-3-5-14(20)8-13/h3-5,8,15-17H,2,6-7,9-12H2,1H3,(H,21,26)(H,24,25). The molecule has 0 aromatic heterocycles. The number of halogens is 1. The van der Waals surface area contributed by atoms with Crippen LogP contribution in [0.3, 0.4) is 0 Å². The monoisotopic (exact) mass is 379 g/mol. The highest BCUT2D eigenvalue weighted by atomic mass is 19.1. The molecule has 2 aliphatic rings. The maximum absolute atomic E-state index is 13.4. The maximum atomic E-state index is 13.4. The number of aliphatic carboxylic acids is 1. The molecule has 1 aromatic carbocycles. The van der Waals surface area contributed by atoms with E-state index in [1.54, 1.807) is 17.0 Å². The van der Waals surface area contributed by atoms with Crippen LogP contribution >= 0.6 is 0 Å². The number of likely N-dealkylation sites (N-methyl/N-ethyl adjacent to an activating group) is 1. The van der Waals surface area contributed by atoms with E-state index in [4.69, 9.17) is 9.84 Å². The Bertz CT molecular complexity index is 681. The van der Waals surface area contributed by atoms with E-state index in [0.717, 1.165) is 18.4 Å². The average molecular weight is 379 g/mol. The maximum Gasteiger partial charge on any atom is 0.317 e. The van der Waals surface area contributed by atoms with Crippen molar-refractivity contribution in [1.82, 2.24) is 15.1 Å². The third-order valence-electron chi connectivity index (χ3n) is 5.28. The number of carbonyl (C=O) groups excluding carboxylic acids is 1. The smallest absolute Gasteiger partial charge is 0.317 e. The van der Waals surface area contributed by atoms with Gasteiger partial charge >= 0.3 is 12.0 Å². The summed E-state index contributed by atoms with van der Waals surface area (Å²) in [6.07, 6.45) is 1.18. The summed E-state index contributed by atoms with van der Waals surface area (Å²) in [5.41, 5.74) is 0.725. The second-order valence-corrected chi connectivity index (χ2v) is 7.09. The second kappa shape index (κ2) is 8.67. The van der Waals surface area contributed by atoms with Gasteiger partial charge in [-0.3, -0.25) is 9.69 Å². The van der Waals surface area contributed by atoms with Crippen molar-refractivity contribution < 1.29 is 23.8 Å². The Hall–Kier alpha value is -2.19. The summed E-state index contributed by atoms with van der Waals surface area (Å²) in [6.45, 7) is 3.93. The van der Waals surface area contributed by atoms with E-state index in [1.165, 1.54) is 12.1 Å². The van der Waals surface area contributed by atoms with Crippen LogP contribution in [0.1, 0.15) is 31.4 Å². The molecule has 2 N–H and O–H groups in total. The summed E-state index contributed by atoms with van der Waals surface area (Å²) >= 11 is 0. The Morgan fingerprint density at radius 3 is 2.85 bits per heavy atom. The molecule has 148 valence electrons. The second-order valence-electron chi connectivity index (χ2n) is 7.09. The molecule has 8 heteroatoms. The lowest BCUT2D eigenvalue weighted by Crippen LogP contribution is -2.57. The van der Waals surface area contributed by atoms with Crippen LogP contribution in [0.2, 0.25) is 0 Å². The highest BCUT2D eigenvalue weighted by Crippen LogP contribution is 2.27. The van der Waals surface area contributed by atoms with Gasteiger partial charge in [0.2, 0.25) is 0 Å². The van der Waals surface area contributed by atoms with E-state index in [2.05, 4.69) is 5.32 Å². The van der Waals surface area contributed by atoms with Crippen molar-refractivity contribution in [3.63, 3.8) is 0 Å². The number of rotatable bonds is 6. The van der Waals surface area contributed by atoms with Crippen molar-refractivity contribution in [3.05, 3.63) is 35.6 Å². The first kappa shape index (κ1) is 19.6. The summed E-state index contributed by atoms with van der Waals surface area (Å²) in [5, 5.41) is 12.0. The molecule has 0 spiro atoms. The molecule has 1 heterocycles. The number of ether oxygens (including phenoxy) is 1. The van der Waals surface area contributed by atoms with Gasteiger partial charge in [-0.2, -0.15) is 0 Å². The molecule has 2 amide bonds. The fourth-order valence-corrected chi connectivity index (χ4v) is 3.68. The quantitative estimate of drug-likeness (QED) is 0.788. The van der Waals surface area contributed by atoms with Crippen LogP contribution in [0, 0.1) is 5.82 Å². The molecule has 7 nitrogen and oxygen atoms in total. The average Bonchev–Trinajstić information content (AvgIpc) is 2.62. The van der Waals surface area contributed by atoms with Gasteiger partial charge in [-0.25, -0.2) is 9.18 Å². The zero-order chi connectivity index (χ0) is 19.4. The Kier molecular flexibility index (Phi) is 6.28. The highest BCUT2D eigenvalue weighted by Gasteiger charge is 2.36. The van der Waals surface area contributed by atoms with Gasteiger partial charge in [-0.15, -0.1) is 0 Å². The van der Waals surface area contributed by atoms with Crippen molar-refractivity contribution in [1.29, 1.82) is 0 Å². The molecule has 3 rings (SSSR count). The molecule has 1 aliphatic carbocycles. The minimum Gasteiger partial charge on any atom is -0.480 e. The number of nitrogens with zero attached hydrogens (tertiary/aromatic N) is 2. The minimum atomic E-state index is -0.832. The van der Waals surface area contributed by atoms with Crippen molar-refractivity contribution >= 4 is 12.0 Å². The first-order valence-electron chi connectivity index (χ1n) is 9.34. The lowest BCUT2D eigenvalue weighted by atomic mass is 9.85. The summed E-state index contributed by atoms with van der Waals surface area (Å²) in [6, 6.07) is 6.36. The zero-order valence-corrected chi connectivity index (χ0v) is 15.4. The Morgan fingerprint density at radius 1 is 1.41 bits per heavy atom. The minimum absolute atomic E-state index is 0.0284. The van der Waals surface area contributed by atoms with Gasteiger partial charge in [-0.1, -0.05) is 19.1 Å². The van der Waals surface area contributed by atoms with E-state index in [0.29, 0.717) is 26.2 Å². The van der Waals surface area contributed by atoms with E-state index >= 15 is 0 Å². The summed E-state index contributed by atoms with van der Waals surface area (Å²) in [7, 11) is 0. The number of carbonyl (C=O) groups is 2. The molecule has 1 saturated carbocycles. The normalized spacial score (nSPS) is 25.1. The molecule has 1 unspecified atom stereocenters. The van der Waals surface area contributed by atoms with Crippen molar-refractivity contribution in [2.45, 2.75) is 38.0 Å². The molecular weight excluding hydrogens is 353 g/mol. The van der Waals surface area contributed by atoms with E-state index in [9.17, 15) is 14.0 Å². The van der Waals surface area contributed by atoms with Gasteiger partial charge in [0.1, 0.15) is 11.9 Å². The Morgan fingerprint density at radius 2 is 2.19 bits per heavy atom. The fraction of sp³-hybridized carbons (Fsp3) is 0.579. The molecular formula is C19H26FN3O4. The highest BCUT2D eigenvalue weighted by molar-refractivity contribution is 5.75. The van der Waals surface area contributed by atoms with E-state index < -0.39 is 5.97 Å². The SMILES string of the molecule is CCN(CC(=O)O)C1CC(NC(=O)N2CCOC(c3cccc(F)c3)C2)C1. The van der Waals surface area contributed by atoms with E-state index in [1.807, 2.05) is 11.8 Å². The van der Waals surface area contributed by atoms with Crippen LogP contribution in [-0.2, 0) is 9.53 Å². The summed E-state index contributed by atoms with van der Waals surface area (Å²) < 4.78 is 19.1. The third-order valence-corrected chi connectivity index (χ3v) is 5.28. The number of hydrogen-bond donors (Lipinski definition) is 2. The lowest BCUT2D eigenvalue weighted by molar-refractivity contribution is -0.139. The van der Waals surface area contributed by atoms with Gasteiger partial charge in [0.25, 0.3) is 0 Å². The van der Waals surface area contributed by atoms with E-state index in [-0.39, 0.29) is 36.6 Å². The van der Waals surface area contributed by atoms with Gasteiger partial charge < -0.3 is 20.1 Å². The summed E-state index contributed by atoms with van der Waals surface area (Å²) in [4.78, 5) is 27.1. The first-order chi connectivity index (χ1) is 13.0. The molecule has 0 bridgehead atoms. The fourth-order valence-electron chi connectivity index (χ4n) is 3.68. The van der Waals surface area contributed by atoms with Crippen LogP contribution in [0.4, 0.5) is 9.18 Å². The van der Waals surface area contributed by atoms with Gasteiger partial charge in [0, 0.05) is 18.6 Å².